The molecule has 4 heterocycles. The third-order valence-electron chi connectivity index (χ3n) is 6.14. The number of anilines is 1. The Morgan fingerprint density at radius 3 is 2.71 bits per heavy atom. The van der Waals surface area contributed by atoms with Gasteiger partial charge in [-0.1, -0.05) is 0 Å². The van der Waals surface area contributed by atoms with Gasteiger partial charge in [0.2, 0.25) is 0 Å². The summed E-state index contributed by atoms with van der Waals surface area (Å²) in [5.74, 6) is -1.68. The van der Waals surface area contributed by atoms with Gasteiger partial charge in [0.05, 0.1) is 41.9 Å². The van der Waals surface area contributed by atoms with E-state index < -0.39 is 29.9 Å². The van der Waals surface area contributed by atoms with E-state index in [0.717, 1.165) is 17.7 Å². The SMILES string of the molecule is Cc1ccn2c(C[C@H]3CN(C(=O)O)CCO3)c(-c3c(F)cc(N4CCNC4=O)cc3F)nc2c1. The van der Waals surface area contributed by atoms with E-state index in [-0.39, 0.29) is 43.1 Å². The van der Waals surface area contributed by atoms with Gasteiger partial charge in [0.15, 0.2) is 0 Å². The number of benzene rings is 1. The first-order chi connectivity index (χ1) is 16.3. The van der Waals surface area contributed by atoms with Gasteiger partial charge in [-0.05, 0) is 36.8 Å². The molecule has 9 nitrogen and oxygen atoms in total. The minimum Gasteiger partial charge on any atom is -0.465 e. The van der Waals surface area contributed by atoms with Crippen molar-refractivity contribution < 1.29 is 28.2 Å². The summed E-state index contributed by atoms with van der Waals surface area (Å²) in [6.07, 6.45) is 0.440. The smallest absolute Gasteiger partial charge is 0.407 e. The van der Waals surface area contributed by atoms with E-state index >= 15 is 8.78 Å². The van der Waals surface area contributed by atoms with E-state index in [2.05, 4.69) is 10.3 Å². The summed E-state index contributed by atoms with van der Waals surface area (Å²) in [7, 11) is 0. The number of imidazole rings is 1. The first-order valence-corrected chi connectivity index (χ1v) is 10.9. The predicted molar refractivity (Wildman–Crippen MR) is 119 cm³/mol. The normalized spacial score (nSPS) is 18.6. The Morgan fingerprint density at radius 2 is 2.03 bits per heavy atom. The zero-order valence-electron chi connectivity index (χ0n) is 18.4. The summed E-state index contributed by atoms with van der Waals surface area (Å²) in [6, 6.07) is 5.51. The maximum Gasteiger partial charge on any atom is 0.407 e. The van der Waals surface area contributed by atoms with Crippen LogP contribution in [0.15, 0.2) is 30.5 Å². The lowest BCUT2D eigenvalue weighted by molar-refractivity contribution is -0.0214. The van der Waals surface area contributed by atoms with Crippen LogP contribution in [0.25, 0.3) is 16.9 Å². The van der Waals surface area contributed by atoms with E-state index in [4.69, 9.17) is 4.74 Å². The minimum atomic E-state index is -1.04. The molecule has 0 radical (unpaired) electrons. The number of morpholine rings is 1. The Hall–Kier alpha value is -3.73. The molecule has 3 aromatic rings. The van der Waals surface area contributed by atoms with Gasteiger partial charge in [-0.2, -0.15) is 0 Å². The van der Waals surface area contributed by atoms with Crippen molar-refractivity contribution in [2.75, 3.05) is 37.7 Å². The fraction of sp³-hybridized carbons (Fsp3) is 0.348. The quantitative estimate of drug-likeness (QED) is 0.610. The molecule has 2 fully saturated rings. The van der Waals surface area contributed by atoms with Crippen molar-refractivity contribution in [1.29, 1.82) is 0 Å². The number of carbonyl (C=O) groups excluding carboxylic acids is 1. The predicted octanol–water partition coefficient (Wildman–Crippen LogP) is 3.04. The van der Waals surface area contributed by atoms with Gasteiger partial charge in [0, 0.05) is 32.3 Å². The van der Waals surface area contributed by atoms with Crippen LogP contribution in [0.4, 0.5) is 24.1 Å². The highest BCUT2D eigenvalue weighted by Crippen LogP contribution is 2.34. The van der Waals surface area contributed by atoms with Crippen LogP contribution in [-0.2, 0) is 11.2 Å². The number of ether oxygens (including phenoxy) is 1. The monoisotopic (exact) mass is 471 g/mol. The van der Waals surface area contributed by atoms with Gasteiger partial charge >= 0.3 is 12.1 Å². The number of nitrogens with one attached hydrogen (secondary N) is 1. The molecular formula is C23H23F2N5O4. The van der Waals surface area contributed by atoms with Crippen LogP contribution in [-0.4, -0.2) is 70.4 Å². The molecule has 2 aliphatic heterocycles. The molecule has 3 amide bonds. The van der Waals surface area contributed by atoms with Crippen LogP contribution in [0.2, 0.25) is 0 Å². The fourth-order valence-corrected chi connectivity index (χ4v) is 4.48. The molecule has 34 heavy (non-hydrogen) atoms. The second-order valence-corrected chi connectivity index (χ2v) is 8.43. The molecule has 0 bridgehead atoms. The number of amides is 3. The third kappa shape index (κ3) is 3.92. The highest BCUT2D eigenvalue weighted by atomic mass is 19.1. The molecule has 2 aromatic heterocycles. The van der Waals surface area contributed by atoms with Crippen molar-refractivity contribution in [3.63, 3.8) is 0 Å². The van der Waals surface area contributed by atoms with Crippen molar-refractivity contribution in [1.82, 2.24) is 19.6 Å². The largest absolute Gasteiger partial charge is 0.465 e. The lowest BCUT2D eigenvalue weighted by Gasteiger charge is -2.31. The second-order valence-electron chi connectivity index (χ2n) is 8.43. The van der Waals surface area contributed by atoms with Crippen molar-refractivity contribution >= 4 is 23.5 Å². The zero-order chi connectivity index (χ0) is 24.0. The van der Waals surface area contributed by atoms with Crippen molar-refractivity contribution in [2.24, 2.45) is 0 Å². The van der Waals surface area contributed by atoms with Crippen molar-refractivity contribution in [2.45, 2.75) is 19.4 Å². The van der Waals surface area contributed by atoms with E-state index in [1.54, 1.807) is 16.7 Å². The molecule has 2 saturated heterocycles. The lowest BCUT2D eigenvalue weighted by Crippen LogP contribution is -2.45. The van der Waals surface area contributed by atoms with Crippen LogP contribution in [0.5, 0.6) is 0 Å². The number of rotatable bonds is 4. The van der Waals surface area contributed by atoms with E-state index in [0.29, 0.717) is 24.4 Å². The third-order valence-corrected chi connectivity index (χ3v) is 6.14. The first kappa shape index (κ1) is 22.1. The molecule has 0 aliphatic carbocycles. The maximum atomic E-state index is 15.3. The molecule has 2 aliphatic rings. The fourth-order valence-electron chi connectivity index (χ4n) is 4.48. The summed E-state index contributed by atoms with van der Waals surface area (Å²) in [4.78, 5) is 30.4. The van der Waals surface area contributed by atoms with Gasteiger partial charge in [0.25, 0.3) is 0 Å². The molecule has 2 N–H and O–H groups in total. The van der Waals surface area contributed by atoms with Crippen LogP contribution < -0.4 is 10.2 Å². The molecular weight excluding hydrogens is 448 g/mol. The molecule has 178 valence electrons. The number of carboxylic acid groups (broad SMARTS) is 1. The van der Waals surface area contributed by atoms with E-state index in [1.165, 1.54) is 9.80 Å². The van der Waals surface area contributed by atoms with E-state index in [9.17, 15) is 14.7 Å². The summed E-state index contributed by atoms with van der Waals surface area (Å²) >= 11 is 0. The lowest BCUT2D eigenvalue weighted by atomic mass is 10.0. The zero-order valence-corrected chi connectivity index (χ0v) is 18.4. The number of halogens is 2. The van der Waals surface area contributed by atoms with Crippen LogP contribution in [0.3, 0.4) is 0 Å². The Kier molecular flexibility index (Phi) is 5.56. The highest BCUT2D eigenvalue weighted by Gasteiger charge is 2.30. The van der Waals surface area contributed by atoms with E-state index in [1.807, 2.05) is 13.0 Å². The molecule has 0 unspecified atom stereocenters. The summed E-state index contributed by atoms with van der Waals surface area (Å²) in [5.41, 5.74) is 1.90. The van der Waals surface area contributed by atoms with Gasteiger partial charge in [0.1, 0.15) is 17.3 Å². The topological polar surface area (TPSA) is 99.4 Å². The maximum absolute atomic E-state index is 15.3. The Balaban J connectivity index is 1.58. The summed E-state index contributed by atoms with van der Waals surface area (Å²) in [5, 5.41) is 12.0. The summed E-state index contributed by atoms with van der Waals surface area (Å²) < 4.78 is 38.2. The number of fused-ring (bicyclic) bond motifs is 1. The molecule has 1 atom stereocenters. The molecule has 0 saturated carbocycles. The number of urea groups is 1. The van der Waals surface area contributed by atoms with Crippen molar-refractivity contribution in [3.8, 4) is 11.3 Å². The van der Waals surface area contributed by atoms with Gasteiger partial charge in [-0.15, -0.1) is 0 Å². The van der Waals surface area contributed by atoms with Gasteiger partial charge in [-0.25, -0.2) is 23.4 Å². The highest BCUT2D eigenvalue weighted by molar-refractivity contribution is 5.94. The number of nitrogens with zero attached hydrogens (tertiary/aromatic N) is 4. The van der Waals surface area contributed by atoms with Crippen LogP contribution >= 0.6 is 0 Å². The average Bonchev–Trinajstić information content (AvgIpc) is 3.37. The number of hydrogen-bond acceptors (Lipinski definition) is 4. The molecule has 11 heteroatoms. The second kappa shape index (κ2) is 8.56. The molecule has 1 aromatic carbocycles. The van der Waals surface area contributed by atoms with Gasteiger partial charge < -0.3 is 24.5 Å². The van der Waals surface area contributed by atoms with Crippen molar-refractivity contribution in [3.05, 3.63) is 53.4 Å². The summed E-state index contributed by atoms with van der Waals surface area (Å²) in [6.45, 7) is 3.24. The number of aromatic nitrogens is 2. The number of pyridine rings is 1. The Labute approximate surface area is 193 Å². The van der Waals surface area contributed by atoms with Crippen LogP contribution in [0.1, 0.15) is 11.3 Å². The number of hydrogen-bond donors (Lipinski definition) is 2. The Morgan fingerprint density at radius 1 is 1.26 bits per heavy atom. The standard InChI is InChI=1S/C23H23F2N5O4/c1-13-2-4-30-18(11-15-12-28(23(32)33)6-7-34-15)21(27-19(30)8-13)20-16(24)9-14(10-17(20)25)29-5-3-26-22(29)31/h2,4,8-10,15H,3,5-7,11-12H2,1H3,(H,26,31)(H,32,33)/t15-/m0/s1. The average molecular weight is 471 g/mol. The Bertz CT molecular complexity index is 1270. The first-order valence-electron chi connectivity index (χ1n) is 10.9. The molecule has 0 spiro atoms. The van der Waals surface area contributed by atoms with Gasteiger partial charge in [-0.3, -0.25) is 4.90 Å². The number of carbonyl (C=O) groups is 2. The minimum absolute atomic E-state index is 0.120. The number of aryl methyl sites for hydroxylation is 1. The molecule has 5 rings (SSSR count). The van der Waals surface area contributed by atoms with Crippen LogP contribution in [0, 0.1) is 18.6 Å².